The maximum absolute atomic E-state index is 6.49. The largest absolute Gasteiger partial charge is 0.463 e. The van der Waals surface area contributed by atoms with Crippen LogP contribution in [-0.4, -0.2) is 18.8 Å². The van der Waals surface area contributed by atoms with Crippen LogP contribution >= 0.6 is 11.6 Å². The Labute approximate surface area is 147 Å². The number of para-hydroxylation sites is 1. The highest BCUT2D eigenvalue weighted by molar-refractivity contribution is 6.45. The van der Waals surface area contributed by atoms with Gasteiger partial charge in [-0.3, -0.25) is 0 Å². The first kappa shape index (κ1) is 15.3. The van der Waals surface area contributed by atoms with Crippen LogP contribution in [0.4, 0.5) is 0 Å². The third-order valence-corrected chi connectivity index (χ3v) is 7.32. The van der Waals surface area contributed by atoms with Gasteiger partial charge >= 0.3 is 7.12 Å². The molecule has 3 saturated carbocycles. The average molecular weight is 345 g/mol. The maximum atomic E-state index is 6.49. The Morgan fingerprint density at radius 2 is 2.08 bits per heavy atom. The molecule has 24 heavy (non-hydrogen) atoms. The van der Waals surface area contributed by atoms with Crippen molar-refractivity contribution < 1.29 is 13.7 Å². The lowest BCUT2D eigenvalue weighted by molar-refractivity contribution is -0.199. The second-order valence-corrected chi connectivity index (χ2v) is 8.89. The van der Waals surface area contributed by atoms with Crippen LogP contribution in [-0.2, 0) is 15.6 Å². The fourth-order valence-electron chi connectivity index (χ4n) is 5.45. The van der Waals surface area contributed by atoms with Crippen LogP contribution in [0.5, 0.6) is 0 Å². The minimum atomic E-state index is -0.199. The summed E-state index contributed by atoms with van der Waals surface area (Å²) in [6, 6.07) is 5.85. The molecule has 1 aliphatic heterocycles. The van der Waals surface area contributed by atoms with Crippen molar-refractivity contribution in [2.24, 2.45) is 17.3 Å². The van der Waals surface area contributed by atoms with E-state index in [4.69, 9.17) is 25.3 Å². The second kappa shape index (κ2) is 4.81. The molecule has 2 aromatic rings. The molecule has 1 aromatic carbocycles. The Kier molecular flexibility index (Phi) is 3.07. The van der Waals surface area contributed by atoms with Crippen molar-refractivity contribution in [3.63, 3.8) is 0 Å². The van der Waals surface area contributed by atoms with E-state index in [-0.39, 0.29) is 18.8 Å². The van der Waals surface area contributed by atoms with Gasteiger partial charge in [0.05, 0.1) is 23.0 Å². The molecule has 126 valence electrons. The third kappa shape index (κ3) is 1.88. The number of furan rings is 1. The van der Waals surface area contributed by atoms with E-state index in [1.807, 2.05) is 18.2 Å². The van der Waals surface area contributed by atoms with E-state index in [2.05, 4.69) is 20.8 Å². The lowest BCUT2D eigenvalue weighted by atomic mass is 9.43. The number of halogens is 1. The molecule has 1 aromatic heterocycles. The Hall–Kier alpha value is -0.965. The molecule has 0 unspecified atom stereocenters. The van der Waals surface area contributed by atoms with Gasteiger partial charge in [-0.05, 0) is 48.6 Å². The van der Waals surface area contributed by atoms with Gasteiger partial charge in [0.15, 0.2) is 5.58 Å². The summed E-state index contributed by atoms with van der Waals surface area (Å²) >= 11 is 6.21. The molecule has 0 spiro atoms. The smallest absolute Gasteiger partial charge is 0.462 e. The Balaban J connectivity index is 1.41. The quantitative estimate of drug-likeness (QED) is 0.726. The van der Waals surface area contributed by atoms with Gasteiger partial charge in [0.1, 0.15) is 0 Å². The summed E-state index contributed by atoms with van der Waals surface area (Å²) in [4.78, 5) is 0. The van der Waals surface area contributed by atoms with Crippen molar-refractivity contribution in [2.75, 3.05) is 0 Å². The summed E-state index contributed by atoms with van der Waals surface area (Å²) in [5.74, 6) is 1.37. The molecule has 2 heterocycles. The normalized spacial score (nSPS) is 36.7. The fraction of sp³-hybridized carbons (Fsp3) is 0.579. The highest BCUT2D eigenvalue weighted by Gasteiger charge is 2.67. The molecular weight excluding hydrogens is 322 g/mol. The number of benzene rings is 1. The summed E-state index contributed by atoms with van der Waals surface area (Å²) < 4.78 is 18.5. The zero-order valence-electron chi connectivity index (χ0n) is 14.3. The van der Waals surface area contributed by atoms with Crippen LogP contribution in [0.2, 0.25) is 5.02 Å². The Bertz CT molecular complexity index is 816. The number of hydrogen-bond donors (Lipinski definition) is 0. The van der Waals surface area contributed by atoms with Crippen molar-refractivity contribution >= 4 is 29.7 Å². The van der Waals surface area contributed by atoms with Crippen LogP contribution in [0, 0.1) is 17.3 Å². The standard InChI is InChI=1S/C19H22BClO3/c1-18(2)12-7-15(18)19(3)16(8-12)23-20(24-19)9-11-10-22-17-13(11)5-4-6-14(17)21/h4-6,10,12,15-16H,7-9H2,1-3H3/t12-,15-,16+,19-/m0/s1. The van der Waals surface area contributed by atoms with Gasteiger partial charge < -0.3 is 13.7 Å². The maximum Gasteiger partial charge on any atom is 0.462 e. The summed E-state index contributed by atoms with van der Waals surface area (Å²) in [6.07, 6.45) is 5.12. The van der Waals surface area contributed by atoms with Crippen molar-refractivity contribution in [1.29, 1.82) is 0 Å². The van der Waals surface area contributed by atoms with Crippen LogP contribution in [0.1, 0.15) is 39.2 Å². The van der Waals surface area contributed by atoms with Crippen LogP contribution in [0.3, 0.4) is 0 Å². The SMILES string of the molecule is CC1(C)[C@@H]2C[C@H]3OB(Cc4coc5c(Cl)cccc45)O[C@@]3(C)[C@H]1C2. The van der Waals surface area contributed by atoms with E-state index in [1.165, 1.54) is 6.42 Å². The Morgan fingerprint density at radius 3 is 2.88 bits per heavy atom. The van der Waals surface area contributed by atoms with Gasteiger partial charge in [-0.2, -0.15) is 0 Å². The van der Waals surface area contributed by atoms with E-state index in [1.54, 1.807) is 6.26 Å². The lowest BCUT2D eigenvalue weighted by Crippen LogP contribution is -2.65. The summed E-state index contributed by atoms with van der Waals surface area (Å²) in [6.45, 7) is 7.02. The van der Waals surface area contributed by atoms with E-state index < -0.39 is 0 Å². The van der Waals surface area contributed by atoms with E-state index in [0.717, 1.165) is 28.9 Å². The molecule has 3 nitrogen and oxygen atoms in total. The van der Waals surface area contributed by atoms with Crippen LogP contribution in [0.15, 0.2) is 28.9 Å². The number of hydrogen-bond acceptors (Lipinski definition) is 3. The topological polar surface area (TPSA) is 31.6 Å². The summed E-state index contributed by atoms with van der Waals surface area (Å²) in [5.41, 5.74) is 2.07. The van der Waals surface area contributed by atoms with E-state index in [9.17, 15) is 0 Å². The zero-order valence-corrected chi connectivity index (χ0v) is 15.1. The predicted molar refractivity (Wildman–Crippen MR) is 95.0 cm³/mol. The van der Waals surface area contributed by atoms with Crippen molar-refractivity contribution in [3.05, 3.63) is 35.0 Å². The Morgan fingerprint density at radius 1 is 1.25 bits per heavy atom. The molecule has 2 bridgehead atoms. The summed E-state index contributed by atoms with van der Waals surface area (Å²) in [5, 5.41) is 1.70. The molecule has 4 fully saturated rings. The zero-order chi connectivity index (χ0) is 16.7. The van der Waals surface area contributed by atoms with Gasteiger partial charge in [-0.25, -0.2) is 0 Å². The first-order valence-electron chi connectivity index (χ1n) is 8.87. The van der Waals surface area contributed by atoms with Crippen molar-refractivity contribution in [1.82, 2.24) is 0 Å². The van der Waals surface area contributed by atoms with Crippen molar-refractivity contribution in [2.45, 2.75) is 51.6 Å². The molecule has 5 heteroatoms. The average Bonchev–Trinajstić information content (AvgIpc) is 3.08. The fourth-order valence-corrected chi connectivity index (χ4v) is 5.67. The number of fused-ring (bicyclic) bond motifs is 1. The molecule has 0 N–H and O–H groups in total. The van der Waals surface area contributed by atoms with Gasteiger partial charge in [0.2, 0.25) is 0 Å². The summed E-state index contributed by atoms with van der Waals surface area (Å²) in [7, 11) is -0.199. The first-order valence-corrected chi connectivity index (χ1v) is 9.25. The predicted octanol–water partition coefficient (Wildman–Crippen LogP) is 4.90. The molecule has 4 atom stereocenters. The molecule has 0 radical (unpaired) electrons. The van der Waals surface area contributed by atoms with E-state index in [0.29, 0.717) is 22.7 Å². The van der Waals surface area contributed by atoms with E-state index >= 15 is 0 Å². The van der Waals surface area contributed by atoms with Crippen LogP contribution < -0.4 is 0 Å². The second-order valence-electron chi connectivity index (χ2n) is 8.48. The van der Waals surface area contributed by atoms with Gasteiger partial charge in [0.25, 0.3) is 0 Å². The van der Waals surface area contributed by atoms with Crippen LogP contribution in [0.25, 0.3) is 11.0 Å². The third-order valence-electron chi connectivity index (χ3n) is 7.02. The molecule has 1 saturated heterocycles. The first-order chi connectivity index (χ1) is 11.4. The molecule has 0 amide bonds. The van der Waals surface area contributed by atoms with Gasteiger partial charge in [-0.1, -0.05) is 37.6 Å². The monoisotopic (exact) mass is 344 g/mol. The van der Waals surface area contributed by atoms with Gasteiger partial charge in [0, 0.05) is 11.7 Å². The molecule has 3 aliphatic carbocycles. The number of rotatable bonds is 2. The highest BCUT2D eigenvalue weighted by Crippen LogP contribution is 2.65. The molecular formula is C19H22BClO3. The van der Waals surface area contributed by atoms with Crippen molar-refractivity contribution in [3.8, 4) is 0 Å². The lowest BCUT2D eigenvalue weighted by Gasteiger charge is -2.64. The molecule has 6 rings (SSSR count). The van der Waals surface area contributed by atoms with Gasteiger partial charge in [-0.15, -0.1) is 0 Å². The molecule has 4 aliphatic rings. The minimum absolute atomic E-state index is 0.153. The minimum Gasteiger partial charge on any atom is -0.463 e. The highest BCUT2D eigenvalue weighted by atomic mass is 35.5.